The van der Waals surface area contributed by atoms with Gasteiger partial charge < -0.3 is 20.4 Å². The summed E-state index contributed by atoms with van der Waals surface area (Å²) < 4.78 is 0. The Kier molecular flexibility index (Phi) is 37.0. The maximum Gasteiger partial charge on any atom is 0.220 e. The SMILES string of the molecule is CCCCCCCCCCCCN(C)CCCC(=O)NCCSSCCNC(=O)CCCN(C)CCCCCCCCCCCC. The van der Waals surface area contributed by atoms with Gasteiger partial charge in [0.1, 0.15) is 0 Å². The molecule has 0 aliphatic rings. The first kappa shape index (κ1) is 45.6. The molecule has 0 unspecified atom stereocenters. The molecule has 0 rings (SSSR count). The molecule has 0 radical (unpaired) electrons. The molecule has 0 bridgehead atoms. The molecule has 0 saturated carbocycles. The largest absolute Gasteiger partial charge is 0.355 e. The number of rotatable bonds is 37. The van der Waals surface area contributed by atoms with Crippen LogP contribution in [0.25, 0.3) is 0 Å². The van der Waals surface area contributed by atoms with Gasteiger partial charge >= 0.3 is 0 Å². The van der Waals surface area contributed by atoms with Crippen LogP contribution >= 0.6 is 21.6 Å². The molecule has 8 heteroatoms. The fraction of sp³-hybridized carbons (Fsp3) is 0.947. The van der Waals surface area contributed by atoms with Crippen LogP contribution in [0.1, 0.15) is 168 Å². The van der Waals surface area contributed by atoms with E-state index in [0.717, 1.165) is 50.5 Å². The van der Waals surface area contributed by atoms with Crippen molar-refractivity contribution in [3.05, 3.63) is 0 Å². The summed E-state index contributed by atoms with van der Waals surface area (Å²) in [7, 11) is 7.90. The van der Waals surface area contributed by atoms with Gasteiger partial charge in [0.2, 0.25) is 11.8 Å². The molecule has 0 spiro atoms. The van der Waals surface area contributed by atoms with Crippen LogP contribution < -0.4 is 10.6 Å². The van der Waals surface area contributed by atoms with Crippen molar-refractivity contribution in [1.29, 1.82) is 0 Å². The van der Waals surface area contributed by atoms with Gasteiger partial charge in [-0.25, -0.2) is 0 Å². The predicted molar refractivity (Wildman–Crippen MR) is 208 cm³/mol. The highest BCUT2D eigenvalue weighted by atomic mass is 33.1. The summed E-state index contributed by atoms with van der Waals surface area (Å²) in [6, 6.07) is 0. The molecule has 0 saturated heterocycles. The Labute approximate surface area is 295 Å². The van der Waals surface area contributed by atoms with Gasteiger partial charge in [-0.3, -0.25) is 9.59 Å². The molecule has 0 aromatic carbocycles. The molecule has 0 fully saturated rings. The quantitative estimate of drug-likeness (QED) is 0.0501. The van der Waals surface area contributed by atoms with E-state index in [1.807, 2.05) is 0 Å². The fourth-order valence-corrected chi connectivity index (χ4v) is 7.55. The Morgan fingerprint density at radius 2 is 0.717 bits per heavy atom. The van der Waals surface area contributed by atoms with Crippen molar-refractivity contribution < 1.29 is 9.59 Å². The van der Waals surface area contributed by atoms with Gasteiger partial charge in [-0.05, 0) is 66.0 Å². The topological polar surface area (TPSA) is 64.7 Å². The molecule has 0 aliphatic carbocycles. The van der Waals surface area contributed by atoms with Crippen molar-refractivity contribution in [2.45, 2.75) is 168 Å². The zero-order valence-corrected chi connectivity index (χ0v) is 32.8. The van der Waals surface area contributed by atoms with Gasteiger partial charge in [0, 0.05) is 37.4 Å². The summed E-state index contributed by atoms with van der Waals surface area (Å²) in [5, 5.41) is 6.10. The molecular weight excluding hydrogens is 609 g/mol. The van der Waals surface area contributed by atoms with Crippen LogP contribution in [0.4, 0.5) is 0 Å². The third-order valence-corrected chi connectivity index (χ3v) is 11.2. The monoisotopic (exact) mass is 687 g/mol. The normalized spacial score (nSPS) is 11.5. The van der Waals surface area contributed by atoms with E-state index in [1.165, 1.54) is 128 Å². The van der Waals surface area contributed by atoms with Crippen molar-refractivity contribution in [3.63, 3.8) is 0 Å². The van der Waals surface area contributed by atoms with Gasteiger partial charge in [-0.1, -0.05) is 151 Å². The Bertz CT molecular complexity index is 602. The molecule has 0 atom stereocenters. The van der Waals surface area contributed by atoms with Crippen molar-refractivity contribution >= 4 is 33.4 Å². The number of nitrogens with zero attached hydrogens (tertiary/aromatic N) is 2. The molecule has 2 N–H and O–H groups in total. The minimum Gasteiger partial charge on any atom is -0.355 e. The Morgan fingerprint density at radius 3 is 1.04 bits per heavy atom. The Morgan fingerprint density at radius 1 is 0.435 bits per heavy atom. The summed E-state index contributed by atoms with van der Waals surface area (Å²) in [4.78, 5) is 29.0. The van der Waals surface area contributed by atoms with Gasteiger partial charge in [0.25, 0.3) is 0 Å². The number of nitrogens with one attached hydrogen (secondary N) is 2. The average Bonchev–Trinajstić information content (AvgIpc) is 3.04. The molecule has 2 amide bonds. The minimum atomic E-state index is 0.166. The van der Waals surface area contributed by atoms with E-state index in [4.69, 9.17) is 0 Å². The summed E-state index contributed by atoms with van der Waals surface area (Å²) in [6.07, 6.45) is 30.6. The van der Waals surface area contributed by atoms with E-state index in [-0.39, 0.29) is 11.8 Å². The number of hydrogen-bond donors (Lipinski definition) is 2. The van der Waals surface area contributed by atoms with Crippen LogP contribution in [0, 0.1) is 0 Å². The van der Waals surface area contributed by atoms with Crippen LogP contribution in [0.3, 0.4) is 0 Å². The first-order valence-corrected chi connectivity index (χ1v) is 22.1. The molecule has 0 heterocycles. The highest BCUT2D eigenvalue weighted by Gasteiger charge is 2.05. The lowest BCUT2D eigenvalue weighted by atomic mass is 10.1. The maximum absolute atomic E-state index is 12.1. The first-order chi connectivity index (χ1) is 22.5. The lowest BCUT2D eigenvalue weighted by Gasteiger charge is -2.16. The zero-order chi connectivity index (χ0) is 33.8. The van der Waals surface area contributed by atoms with E-state index in [0.29, 0.717) is 25.9 Å². The van der Waals surface area contributed by atoms with Crippen LogP contribution in [-0.2, 0) is 9.59 Å². The first-order valence-electron chi connectivity index (χ1n) is 19.6. The Balaban J connectivity index is 3.41. The molecule has 0 aromatic rings. The number of carbonyl (C=O) groups is 2. The highest BCUT2D eigenvalue weighted by Crippen LogP contribution is 2.19. The van der Waals surface area contributed by atoms with Gasteiger partial charge in [0.15, 0.2) is 0 Å². The van der Waals surface area contributed by atoms with E-state index in [9.17, 15) is 9.59 Å². The van der Waals surface area contributed by atoms with Crippen LogP contribution in [0.15, 0.2) is 0 Å². The zero-order valence-electron chi connectivity index (χ0n) is 31.2. The lowest BCUT2D eigenvalue weighted by molar-refractivity contribution is -0.121. The third-order valence-electron chi connectivity index (χ3n) is 8.77. The van der Waals surface area contributed by atoms with Crippen molar-refractivity contribution in [2.24, 2.45) is 0 Å². The fourth-order valence-electron chi connectivity index (χ4n) is 5.74. The van der Waals surface area contributed by atoms with Crippen LogP contribution in [0.5, 0.6) is 0 Å². The number of hydrogen-bond acceptors (Lipinski definition) is 6. The van der Waals surface area contributed by atoms with Crippen LogP contribution in [0.2, 0.25) is 0 Å². The smallest absolute Gasteiger partial charge is 0.220 e. The van der Waals surface area contributed by atoms with Crippen molar-refractivity contribution in [2.75, 3.05) is 64.9 Å². The standard InChI is InChI=1S/C38H78N4O2S2/c1-5-7-9-11-13-15-17-19-21-23-31-41(3)33-25-27-37(43)39-29-35-45-46-36-30-40-38(44)28-26-34-42(4)32-24-22-20-18-16-14-12-10-8-6-2/h5-36H2,1-4H3,(H,39,43)(H,40,44). The average molecular weight is 687 g/mol. The second kappa shape index (κ2) is 37.4. The van der Waals surface area contributed by atoms with E-state index in [1.54, 1.807) is 21.6 Å². The number of amides is 2. The van der Waals surface area contributed by atoms with Gasteiger partial charge in [-0.2, -0.15) is 0 Å². The number of carbonyl (C=O) groups excluding carboxylic acids is 2. The third kappa shape index (κ3) is 36.4. The molecule has 6 nitrogen and oxygen atoms in total. The molecule has 46 heavy (non-hydrogen) atoms. The maximum atomic E-state index is 12.1. The predicted octanol–water partition coefficient (Wildman–Crippen LogP) is 9.87. The molecule has 0 aliphatic heterocycles. The minimum absolute atomic E-state index is 0.166. The van der Waals surface area contributed by atoms with Crippen LogP contribution in [-0.4, -0.2) is 86.5 Å². The van der Waals surface area contributed by atoms with Gasteiger partial charge in [-0.15, -0.1) is 0 Å². The molecule has 0 aromatic heterocycles. The summed E-state index contributed by atoms with van der Waals surface area (Å²) in [5.41, 5.74) is 0. The molecular formula is C38H78N4O2S2. The number of unbranched alkanes of at least 4 members (excludes halogenated alkanes) is 18. The van der Waals surface area contributed by atoms with E-state index in [2.05, 4.69) is 48.4 Å². The summed E-state index contributed by atoms with van der Waals surface area (Å²) in [6.45, 7) is 10.3. The van der Waals surface area contributed by atoms with Crippen molar-refractivity contribution in [3.8, 4) is 0 Å². The summed E-state index contributed by atoms with van der Waals surface area (Å²) >= 11 is 0. The summed E-state index contributed by atoms with van der Waals surface area (Å²) in [5.74, 6) is 2.13. The Hall–Kier alpha value is -0.440. The second-order valence-electron chi connectivity index (χ2n) is 13.5. The van der Waals surface area contributed by atoms with Gasteiger partial charge in [0.05, 0.1) is 0 Å². The highest BCUT2D eigenvalue weighted by molar-refractivity contribution is 8.76. The van der Waals surface area contributed by atoms with E-state index >= 15 is 0 Å². The van der Waals surface area contributed by atoms with Crippen molar-refractivity contribution in [1.82, 2.24) is 20.4 Å². The second-order valence-corrected chi connectivity index (χ2v) is 16.2. The van der Waals surface area contributed by atoms with E-state index < -0.39 is 0 Å². The lowest BCUT2D eigenvalue weighted by Crippen LogP contribution is -2.28. The molecule has 274 valence electrons.